The maximum absolute atomic E-state index is 13.4. The number of hydrogen-bond donors (Lipinski definition) is 2. The van der Waals surface area contributed by atoms with Gasteiger partial charge in [0.05, 0.1) is 34.3 Å². The zero-order chi connectivity index (χ0) is 21.8. The van der Waals surface area contributed by atoms with Gasteiger partial charge in [-0.3, -0.25) is 10.1 Å². The molecule has 0 radical (unpaired) electrons. The molecule has 5 aromatic heterocycles. The van der Waals surface area contributed by atoms with Gasteiger partial charge in [-0.25, -0.2) is 19.3 Å². The van der Waals surface area contributed by atoms with E-state index < -0.39 is 0 Å². The van der Waals surface area contributed by atoms with E-state index in [0.717, 1.165) is 33.8 Å². The largest absolute Gasteiger partial charge is 0.336 e. The van der Waals surface area contributed by atoms with Gasteiger partial charge in [0.15, 0.2) is 11.5 Å². The summed E-state index contributed by atoms with van der Waals surface area (Å²) in [7, 11) is 1.96. The fourth-order valence-corrected chi connectivity index (χ4v) is 3.81. The van der Waals surface area contributed by atoms with Gasteiger partial charge in [0.25, 0.3) is 0 Å². The quantitative estimate of drug-likeness (QED) is 0.438. The molecular formula is C23H17FN8. The van der Waals surface area contributed by atoms with Crippen LogP contribution in [0.5, 0.6) is 0 Å². The third kappa shape index (κ3) is 2.78. The highest BCUT2D eigenvalue weighted by Gasteiger charge is 2.18. The number of H-pyrrole nitrogens is 2. The van der Waals surface area contributed by atoms with Crippen molar-refractivity contribution in [1.29, 1.82) is 0 Å². The van der Waals surface area contributed by atoms with Crippen molar-refractivity contribution in [3.8, 4) is 34.2 Å². The van der Waals surface area contributed by atoms with E-state index in [1.54, 1.807) is 18.3 Å². The van der Waals surface area contributed by atoms with Gasteiger partial charge in [-0.2, -0.15) is 5.10 Å². The Morgan fingerprint density at radius 2 is 1.69 bits per heavy atom. The molecule has 0 fully saturated rings. The van der Waals surface area contributed by atoms with E-state index in [-0.39, 0.29) is 5.82 Å². The van der Waals surface area contributed by atoms with Gasteiger partial charge in [-0.05, 0) is 49.4 Å². The molecule has 0 unspecified atom stereocenters. The fourth-order valence-electron chi connectivity index (χ4n) is 3.81. The molecule has 0 bridgehead atoms. The number of benzene rings is 1. The number of fused-ring (bicyclic) bond motifs is 2. The second kappa shape index (κ2) is 6.81. The van der Waals surface area contributed by atoms with Crippen LogP contribution in [0.15, 0.2) is 54.9 Å². The first-order chi connectivity index (χ1) is 15.6. The van der Waals surface area contributed by atoms with Crippen LogP contribution in [0.1, 0.15) is 5.82 Å². The number of hydrogen-bond acceptors (Lipinski definition) is 5. The highest BCUT2D eigenvalue weighted by Crippen LogP contribution is 2.30. The van der Waals surface area contributed by atoms with Crippen LogP contribution in [0, 0.1) is 12.7 Å². The number of nitrogens with zero attached hydrogens (tertiary/aromatic N) is 6. The van der Waals surface area contributed by atoms with E-state index in [9.17, 15) is 4.39 Å². The van der Waals surface area contributed by atoms with E-state index in [2.05, 4.69) is 25.1 Å². The average molecular weight is 424 g/mol. The molecule has 5 heterocycles. The van der Waals surface area contributed by atoms with Crippen LogP contribution in [0.2, 0.25) is 0 Å². The van der Waals surface area contributed by atoms with E-state index in [1.165, 1.54) is 12.1 Å². The Hall–Kier alpha value is -4.40. The van der Waals surface area contributed by atoms with E-state index in [0.29, 0.717) is 28.2 Å². The third-order valence-electron chi connectivity index (χ3n) is 5.63. The smallest absolute Gasteiger partial charge is 0.161 e. The molecule has 2 N–H and O–H groups in total. The van der Waals surface area contributed by atoms with Crippen molar-refractivity contribution in [3.05, 3.63) is 66.5 Å². The van der Waals surface area contributed by atoms with Crippen LogP contribution >= 0.6 is 0 Å². The average Bonchev–Trinajstić information content (AvgIpc) is 3.50. The van der Waals surface area contributed by atoms with Crippen molar-refractivity contribution in [1.82, 2.24) is 39.7 Å². The van der Waals surface area contributed by atoms with Gasteiger partial charge >= 0.3 is 0 Å². The number of aromatic amines is 2. The fraction of sp³-hybridized carbons (Fsp3) is 0.0870. The lowest BCUT2D eigenvalue weighted by molar-refractivity contribution is 0.628. The molecule has 0 aliphatic carbocycles. The van der Waals surface area contributed by atoms with Crippen LogP contribution in [0.4, 0.5) is 4.39 Å². The predicted molar refractivity (Wildman–Crippen MR) is 119 cm³/mol. The van der Waals surface area contributed by atoms with E-state index in [1.807, 2.05) is 42.9 Å². The Morgan fingerprint density at radius 3 is 2.47 bits per heavy atom. The second-order valence-corrected chi connectivity index (χ2v) is 7.56. The molecule has 6 aromatic rings. The highest BCUT2D eigenvalue weighted by molar-refractivity contribution is 5.94. The summed E-state index contributed by atoms with van der Waals surface area (Å²) < 4.78 is 15.4. The summed E-state index contributed by atoms with van der Waals surface area (Å²) in [5.41, 5.74) is 6.79. The minimum absolute atomic E-state index is 0.294. The minimum Gasteiger partial charge on any atom is -0.336 e. The molecule has 0 aliphatic rings. The molecule has 32 heavy (non-hydrogen) atoms. The molecule has 9 heteroatoms. The molecule has 0 aliphatic heterocycles. The van der Waals surface area contributed by atoms with Gasteiger partial charge in [-0.15, -0.1) is 0 Å². The normalized spacial score (nSPS) is 11.6. The van der Waals surface area contributed by atoms with Crippen LogP contribution in [0.3, 0.4) is 0 Å². The lowest BCUT2D eigenvalue weighted by atomic mass is 10.1. The summed E-state index contributed by atoms with van der Waals surface area (Å²) in [4.78, 5) is 21.8. The zero-order valence-corrected chi connectivity index (χ0v) is 17.3. The lowest BCUT2D eigenvalue weighted by Crippen LogP contribution is -1.96. The van der Waals surface area contributed by atoms with Gasteiger partial charge in [0.1, 0.15) is 22.7 Å². The summed E-state index contributed by atoms with van der Waals surface area (Å²) in [6, 6.07) is 12.0. The molecule has 8 nitrogen and oxygen atoms in total. The molecular weight excluding hydrogens is 407 g/mol. The number of halogens is 1. The molecule has 0 atom stereocenters. The Kier molecular flexibility index (Phi) is 3.91. The molecule has 1 aromatic carbocycles. The number of aromatic nitrogens is 8. The number of aryl methyl sites for hydroxylation is 1. The summed E-state index contributed by atoms with van der Waals surface area (Å²) >= 11 is 0. The van der Waals surface area contributed by atoms with Crippen molar-refractivity contribution in [2.75, 3.05) is 0 Å². The Morgan fingerprint density at radius 1 is 0.875 bits per heavy atom. The van der Waals surface area contributed by atoms with Crippen molar-refractivity contribution in [2.24, 2.45) is 7.05 Å². The summed E-state index contributed by atoms with van der Waals surface area (Å²) in [5.74, 6) is 1.19. The zero-order valence-electron chi connectivity index (χ0n) is 17.3. The van der Waals surface area contributed by atoms with Crippen molar-refractivity contribution in [2.45, 2.75) is 6.92 Å². The molecule has 0 spiro atoms. The van der Waals surface area contributed by atoms with E-state index in [4.69, 9.17) is 9.97 Å². The molecule has 0 saturated heterocycles. The Balaban J connectivity index is 1.51. The number of rotatable bonds is 3. The third-order valence-corrected chi connectivity index (χ3v) is 5.63. The molecule has 0 amide bonds. The van der Waals surface area contributed by atoms with Crippen LogP contribution in [-0.2, 0) is 7.05 Å². The Labute approximate surface area is 181 Å². The van der Waals surface area contributed by atoms with Gasteiger partial charge in [-0.1, -0.05) is 0 Å². The predicted octanol–water partition coefficient (Wildman–Crippen LogP) is 4.41. The highest BCUT2D eigenvalue weighted by atomic mass is 19.1. The SMILES string of the molecule is Cc1ncc(-c2ccc3[nH]nc(-c4nc5c(-c6ccc(F)cc6)nccc5[nH]4)c3n2)n1C. The van der Waals surface area contributed by atoms with Gasteiger partial charge in [0, 0.05) is 18.8 Å². The van der Waals surface area contributed by atoms with Crippen LogP contribution < -0.4 is 0 Å². The standard InChI is InChI=1S/C23H17FN8/c1-12-26-11-18(32(12)2)15-7-8-17-21(27-15)22(31-30-17)23-28-16-9-10-25-19(20(16)29-23)13-3-5-14(24)6-4-13/h3-11H,1-2H3,(H,28,29)(H,30,31). The number of imidazole rings is 2. The summed E-state index contributed by atoms with van der Waals surface area (Å²) in [6.45, 7) is 1.95. The lowest BCUT2D eigenvalue weighted by Gasteiger charge is -2.03. The number of nitrogens with one attached hydrogen (secondary N) is 2. The number of pyridine rings is 2. The van der Waals surface area contributed by atoms with Gasteiger partial charge < -0.3 is 9.55 Å². The summed E-state index contributed by atoms with van der Waals surface area (Å²) in [6.07, 6.45) is 3.51. The second-order valence-electron chi connectivity index (χ2n) is 7.56. The first kappa shape index (κ1) is 18.4. The van der Waals surface area contributed by atoms with Crippen molar-refractivity contribution in [3.63, 3.8) is 0 Å². The maximum Gasteiger partial charge on any atom is 0.161 e. The molecule has 0 saturated carbocycles. The van der Waals surface area contributed by atoms with E-state index >= 15 is 0 Å². The monoisotopic (exact) mass is 424 g/mol. The molecule has 156 valence electrons. The van der Waals surface area contributed by atoms with Crippen molar-refractivity contribution >= 4 is 22.1 Å². The first-order valence-electron chi connectivity index (χ1n) is 10.0. The van der Waals surface area contributed by atoms with Crippen LogP contribution in [-0.4, -0.2) is 39.7 Å². The first-order valence-corrected chi connectivity index (χ1v) is 10.0. The Bertz CT molecular complexity index is 1610. The minimum atomic E-state index is -0.294. The van der Waals surface area contributed by atoms with Crippen LogP contribution in [0.25, 0.3) is 56.2 Å². The summed E-state index contributed by atoms with van der Waals surface area (Å²) in [5, 5.41) is 7.49. The van der Waals surface area contributed by atoms with Gasteiger partial charge in [0.2, 0.25) is 0 Å². The topological polar surface area (TPSA) is 101 Å². The molecule has 6 rings (SSSR count). The van der Waals surface area contributed by atoms with Crippen molar-refractivity contribution < 1.29 is 4.39 Å². The maximum atomic E-state index is 13.4.